The van der Waals surface area contributed by atoms with Crippen molar-refractivity contribution in [2.24, 2.45) is 7.05 Å². The second-order valence-corrected chi connectivity index (χ2v) is 5.62. The van der Waals surface area contributed by atoms with Crippen LogP contribution < -0.4 is 10.6 Å². The van der Waals surface area contributed by atoms with Gasteiger partial charge in [0.1, 0.15) is 0 Å². The third-order valence-electron chi connectivity index (χ3n) is 4.12. The highest BCUT2D eigenvalue weighted by Crippen LogP contribution is 2.30. The minimum absolute atomic E-state index is 0.115. The zero-order chi connectivity index (χ0) is 14.3. The van der Waals surface area contributed by atoms with E-state index in [2.05, 4.69) is 15.7 Å². The van der Waals surface area contributed by atoms with Gasteiger partial charge in [0.15, 0.2) is 0 Å². The number of alkyl halides is 2. The van der Waals surface area contributed by atoms with E-state index in [4.69, 9.17) is 0 Å². The van der Waals surface area contributed by atoms with Crippen molar-refractivity contribution in [3.63, 3.8) is 0 Å². The third-order valence-corrected chi connectivity index (χ3v) is 4.12. The van der Waals surface area contributed by atoms with Crippen LogP contribution in [0, 0.1) is 0 Å². The van der Waals surface area contributed by atoms with E-state index in [0.29, 0.717) is 0 Å². The minimum Gasteiger partial charge on any atom is -0.348 e. The second kappa shape index (κ2) is 4.80. The Bertz CT molecular complexity index is 528. The normalized spacial score (nSPS) is 28.1. The summed E-state index contributed by atoms with van der Waals surface area (Å²) < 4.78 is 28.1. The lowest BCUT2D eigenvalue weighted by atomic mass is 9.92. The predicted molar refractivity (Wildman–Crippen MR) is 68.4 cm³/mol. The van der Waals surface area contributed by atoms with E-state index in [9.17, 15) is 13.6 Å². The van der Waals surface area contributed by atoms with E-state index in [1.807, 2.05) is 11.7 Å². The summed E-state index contributed by atoms with van der Waals surface area (Å²) in [5.41, 5.74) is 2.13. The molecule has 1 aromatic heterocycles. The second-order valence-electron chi connectivity index (χ2n) is 5.62. The molecule has 1 saturated heterocycles. The molecule has 5 nitrogen and oxygen atoms in total. The van der Waals surface area contributed by atoms with Crippen molar-refractivity contribution >= 4 is 5.91 Å². The molecule has 0 aromatic carbocycles. The van der Waals surface area contributed by atoms with E-state index in [1.54, 1.807) is 6.20 Å². The number of aryl methyl sites for hydroxylation is 1. The number of amides is 1. The minimum atomic E-state index is -2.78. The Morgan fingerprint density at radius 1 is 1.60 bits per heavy atom. The number of hydrogen-bond donors (Lipinski definition) is 2. The van der Waals surface area contributed by atoms with Crippen molar-refractivity contribution in [3.05, 3.63) is 17.5 Å². The van der Waals surface area contributed by atoms with Gasteiger partial charge in [0.25, 0.3) is 5.92 Å². The highest BCUT2D eigenvalue weighted by atomic mass is 19.3. The first kappa shape index (κ1) is 13.5. The van der Waals surface area contributed by atoms with Gasteiger partial charge in [0, 0.05) is 24.7 Å². The van der Waals surface area contributed by atoms with Crippen LogP contribution in [0.3, 0.4) is 0 Å². The molecule has 7 heteroatoms. The van der Waals surface area contributed by atoms with E-state index in [1.165, 1.54) is 0 Å². The monoisotopic (exact) mass is 284 g/mol. The van der Waals surface area contributed by atoms with Gasteiger partial charge in [-0.1, -0.05) is 0 Å². The number of hydrogen-bond acceptors (Lipinski definition) is 3. The fourth-order valence-corrected chi connectivity index (χ4v) is 3.03. The third kappa shape index (κ3) is 2.42. The highest BCUT2D eigenvalue weighted by Gasteiger charge is 2.42. The van der Waals surface area contributed by atoms with E-state index in [0.717, 1.165) is 30.5 Å². The van der Waals surface area contributed by atoms with Gasteiger partial charge in [-0.15, -0.1) is 0 Å². The molecule has 0 radical (unpaired) electrons. The quantitative estimate of drug-likeness (QED) is 0.848. The molecule has 2 heterocycles. The smallest absolute Gasteiger partial charge is 0.262 e. The largest absolute Gasteiger partial charge is 0.348 e. The fraction of sp³-hybridized carbons (Fsp3) is 0.692. The Hall–Kier alpha value is -1.50. The number of carbonyl (C=O) groups is 1. The average molecular weight is 284 g/mol. The summed E-state index contributed by atoms with van der Waals surface area (Å²) in [5.74, 6) is -3.13. The molecule has 2 unspecified atom stereocenters. The number of carbonyl (C=O) groups excluding carboxylic acids is 1. The molecule has 1 aliphatic heterocycles. The van der Waals surface area contributed by atoms with Crippen molar-refractivity contribution in [2.75, 3.05) is 6.54 Å². The topological polar surface area (TPSA) is 59.0 Å². The van der Waals surface area contributed by atoms with Crippen LogP contribution in [0.25, 0.3) is 0 Å². The molecule has 2 aliphatic rings. The van der Waals surface area contributed by atoms with Gasteiger partial charge in [-0.2, -0.15) is 5.10 Å². The lowest BCUT2D eigenvalue weighted by Gasteiger charge is -2.25. The molecule has 1 aliphatic carbocycles. The Kier molecular flexibility index (Phi) is 3.24. The van der Waals surface area contributed by atoms with Gasteiger partial charge in [-0.25, -0.2) is 8.78 Å². The van der Waals surface area contributed by atoms with Crippen molar-refractivity contribution in [1.29, 1.82) is 0 Å². The Morgan fingerprint density at radius 2 is 2.40 bits per heavy atom. The molecule has 1 fully saturated rings. The summed E-state index contributed by atoms with van der Waals surface area (Å²) >= 11 is 0. The van der Waals surface area contributed by atoms with Crippen LogP contribution in [0.5, 0.6) is 0 Å². The molecule has 2 atom stereocenters. The summed E-state index contributed by atoms with van der Waals surface area (Å²) in [6.45, 7) is -0.423. The number of halogens is 2. The zero-order valence-electron chi connectivity index (χ0n) is 11.3. The van der Waals surface area contributed by atoms with E-state index in [-0.39, 0.29) is 11.9 Å². The lowest BCUT2D eigenvalue weighted by molar-refractivity contribution is -0.124. The van der Waals surface area contributed by atoms with Gasteiger partial charge >= 0.3 is 0 Å². The number of nitrogens with one attached hydrogen (secondary N) is 2. The van der Waals surface area contributed by atoms with E-state index < -0.39 is 24.9 Å². The number of rotatable bonds is 2. The summed E-state index contributed by atoms with van der Waals surface area (Å²) in [7, 11) is 1.88. The average Bonchev–Trinajstić information content (AvgIpc) is 2.94. The molecule has 1 amide bonds. The van der Waals surface area contributed by atoms with Crippen LogP contribution in [-0.4, -0.2) is 34.2 Å². The van der Waals surface area contributed by atoms with Gasteiger partial charge in [-0.3, -0.25) is 14.8 Å². The Morgan fingerprint density at radius 3 is 3.10 bits per heavy atom. The summed E-state index contributed by atoms with van der Waals surface area (Å²) in [5, 5.41) is 9.67. The van der Waals surface area contributed by atoms with Crippen molar-refractivity contribution in [1.82, 2.24) is 20.4 Å². The first-order valence-corrected chi connectivity index (χ1v) is 6.89. The van der Waals surface area contributed by atoms with Crippen molar-refractivity contribution in [2.45, 2.75) is 43.7 Å². The van der Waals surface area contributed by atoms with Gasteiger partial charge in [-0.05, 0) is 19.3 Å². The van der Waals surface area contributed by atoms with E-state index >= 15 is 0 Å². The molecule has 2 N–H and O–H groups in total. The van der Waals surface area contributed by atoms with Crippen LogP contribution in [-0.2, 0) is 18.3 Å². The SMILES string of the molecule is Cn1ncc2c1CCCC2NC(=O)C1CC(F)(F)CN1. The van der Waals surface area contributed by atoms with Gasteiger partial charge < -0.3 is 5.32 Å². The predicted octanol–water partition coefficient (Wildman–Crippen LogP) is 0.911. The maximum absolute atomic E-state index is 13.1. The summed E-state index contributed by atoms with van der Waals surface area (Å²) in [6, 6.07) is -0.914. The zero-order valence-corrected chi connectivity index (χ0v) is 11.3. The number of fused-ring (bicyclic) bond motifs is 1. The number of aromatic nitrogens is 2. The fourth-order valence-electron chi connectivity index (χ4n) is 3.03. The molecule has 1 aromatic rings. The number of nitrogens with zero attached hydrogens (tertiary/aromatic N) is 2. The maximum Gasteiger partial charge on any atom is 0.262 e. The summed E-state index contributed by atoms with van der Waals surface area (Å²) in [6.07, 6.45) is 4.07. The molecule has 110 valence electrons. The highest BCUT2D eigenvalue weighted by molar-refractivity contribution is 5.82. The van der Waals surface area contributed by atoms with Crippen LogP contribution in [0.15, 0.2) is 6.20 Å². The molecule has 0 spiro atoms. The lowest BCUT2D eigenvalue weighted by Crippen LogP contribution is -2.42. The van der Waals surface area contributed by atoms with Crippen LogP contribution in [0.4, 0.5) is 8.78 Å². The van der Waals surface area contributed by atoms with Crippen molar-refractivity contribution < 1.29 is 13.6 Å². The molecular formula is C13H18F2N4O. The van der Waals surface area contributed by atoms with Crippen LogP contribution in [0.2, 0.25) is 0 Å². The molecule has 0 saturated carbocycles. The molecule has 20 heavy (non-hydrogen) atoms. The maximum atomic E-state index is 13.1. The first-order chi connectivity index (χ1) is 9.46. The molecular weight excluding hydrogens is 266 g/mol. The summed E-state index contributed by atoms with van der Waals surface area (Å²) in [4.78, 5) is 12.1. The Balaban J connectivity index is 1.68. The van der Waals surface area contributed by atoms with Gasteiger partial charge in [0.2, 0.25) is 5.91 Å². The Labute approximate surface area is 115 Å². The molecule has 3 rings (SSSR count). The van der Waals surface area contributed by atoms with Crippen molar-refractivity contribution in [3.8, 4) is 0 Å². The van der Waals surface area contributed by atoms with Gasteiger partial charge in [0.05, 0.1) is 24.8 Å². The first-order valence-electron chi connectivity index (χ1n) is 6.89. The standard InChI is InChI=1S/C13H18F2N4O/c1-19-11-4-2-3-9(8(11)6-17-19)18-12(20)10-5-13(14,15)7-16-10/h6,9-10,16H,2-5,7H2,1H3,(H,18,20). The molecule has 0 bridgehead atoms. The van der Waals surface area contributed by atoms with Crippen LogP contribution >= 0.6 is 0 Å². The van der Waals surface area contributed by atoms with Crippen LogP contribution in [0.1, 0.15) is 36.6 Å².